The number of hydrogen-bond donors (Lipinski definition) is 0. The van der Waals surface area contributed by atoms with Crippen LogP contribution in [0.5, 0.6) is 0 Å². The fourth-order valence-corrected chi connectivity index (χ4v) is 1.52. The molecule has 0 radical (unpaired) electrons. The SMILES string of the molecule is C=CC(=O)OCCC1CCN(C)C1=O. The Balaban J connectivity index is 2.22. The van der Waals surface area contributed by atoms with Gasteiger partial charge in [0, 0.05) is 25.6 Å². The lowest BCUT2D eigenvalue weighted by molar-refractivity contribution is -0.139. The van der Waals surface area contributed by atoms with Gasteiger partial charge in [0.05, 0.1) is 6.61 Å². The van der Waals surface area contributed by atoms with E-state index in [-0.39, 0.29) is 11.8 Å². The van der Waals surface area contributed by atoms with E-state index < -0.39 is 5.97 Å². The molecule has 14 heavy (non-hydrogen) atoms. The Morgan fingerprint density at radius 2 is 2.50 bits per heavy atom. The molecule has 1 amide bonds. The number of carbonyl (C=O) groups excluding carboxylic acids is 2. The summed E-state index contributed by atoms with van der Waals surface area (Å²) in [6.45, 7) is 4.39. The van der Waals surface area contributed by atoms with Crippen LogP contribution in [0.25, 0.3) is 0 Å². The molecule has 1 fully saturated rings. The van der Waals surface area contributed by atoms with Crippen molar-refractivity contribution >= 4 is 11.9 Å². The van der Waals surface area contributed by atoms with Crippen LogP contribution in [-0.4, -0.2) is 37.0 Å². The Kier molecular flexibility index (Phi) is 3.68. The largest absolute Gasteiger partial charge is 0.463 e. The Hall–Kier alpha value is -1.32. The number of nitrogens with zero attached hydrogens (tertiary/aromatic N) is 1. The van der Waals surface area contributed by atoms with Crippen molar-refractivity contribution in [1.29, 1.82) is 0 Å². The predicted molar refractivity (Wildman–Crippen MR) is 51.5 cm³/mol. The summed E-state index contributed by atoms with van der Waals surface area (Å²) in [7, 11) is 1.79. The Labute approximate surface area is 83.5 Å². The summed E-state index contributed by atoms with van der Waals surface area (Å²) in [5.41, 5.74) is 0. The summed E-state index contributed by atoms with van der Waals surface area (Å²) in [4.78, 5) is 23.8. The molecule has 1 unspecified atom stereocenters. The second-order valence-electron chi connectivity index (χ2n) is 3.41. The highest BCUT2D eigenvalue weighted by Gasteiger charge is 2.28. The number of amides is 1. The van der Waals surface area contributed by atoms with Gasteiger partial charge in [-0.1, -0.05) is 6.58 Å². The summed E-state index contributed by atoms with van der Waals surface area (Å²) in [6.07, 6.45) is 2.60. The highest BCUT2D eigenvalue weighted by Crippen LogP contribution is 2.19. The van der Waals surface area contributed by atoms with Crippen molar-refractivity contribution in [2.75, 3.05) is 20.2 Å². The van der Waals surface area contributed by atoms with Crippen molar-refractivity contribution in [3.8, 4) is 0 Å². The van der Waals surface area contributed by atoms with E-state index in [0.717, 1.165) is 19.0 Å². The van der Waals surface area contributed by atoms with Crippen molar-refractivity contribution in [3.63, 3.8) is 0 Å². The predicted octanol–water partition coefficient (Wildman–Crippen LogP) is 0.584. The minimum absolute atomic E-state index is 0.0256. The molecule has 4 heteroatoms. The molecule has 1 rings (SSSR count). The summed E-state index contributed by atoms with van der Waals surface area (Å²) in [5, 5.41) is 0. The van der Waals surface area contributed by atoms with Crippen LogP contribution in [0.3, 0.4) is 0 Å². The number of likely N-dealkylation sites (tertiary alicyclic amines) is 1. The Morgan fingerprint density at radius 1 is 1.79 bits per heavy atom. The van der Waals surface area contributed by atoms with Gasteiger partial charge in [-0.2, -0.15) is 0 Å². The average Bonchev–Trinajstić information content (AvgIpc) is 2.49. The zero-order valence-corrected chi connectivity index (χ0v) is 8.36. The fraction of sp³-hybridized carbons (Fsp3) is 0.600. The zero-order chi connectivity index (χ0) is 10.6. The van der Waals surface area contributed by atoms with Gasteiger partial charge in [0.1, 0.15) is 0 Å². The summed E-state index contributed by atoms with van der Waals surface area (Å²) in [5.74, 6) is -0.249. The second kappa shape index (κ2) is 4.79. The first-order chi connectivity index (χ1) is 6.65. The van der Waals surface area contributed by atoms with Gasteiger partial charge in [-0.25, -0.2) is 4.79 Å². The molecular weight excluding hydrogens is 182 g/mol. The molecule has 78 valence electrons. The van der Waals surface area contributed by atoms with Crippen molar-refractivity contribution in [1.82, 2.24) is 4.90 Å². The number of hydrogen-bond acceptors (Lipinski definition) is 3. The first kappa shape index (κ1) is 10.8. The maximum absolute atomic E-state index is 11.4. The van der Waals surface area contributed by atoms with Gasteiger partial charge in [-0.05, 0) is 12.8 Å². The van der Waals surface area contributed by atoms with E-state index in [0.29, 0.717) is 13.0 Å². The molecule has 1 aliphatic heterocycles. The maximum atomic E-state index is 11.4. The van der Waals surface area contributed by atoms with Crippen molar-refractivity contribution in [2.45, 2.75) is 12.8 Å². The van der Waals surface area contributed by atoms with E-state index in [2.05, 4.69) is 6.58 Å². The van der Waals surface area contributed by atoms with Gasteiger partial charge in [-0.3, -0.25) is 4.79 Å². The van der Waals surface area contributed by atoms with Gasteiger partial charge in [0.15, 0.2) is 0 Å². The fourth-order valence-electron chi connectivity index (χ4n) is 1.52. The van der Waals surface area contributed by atoms with Crippen LogP contribution in [0.1, 0.15) is 12.8 Å². The normalized spacial score (nSPS) is 21.1. The highest BCUT2D eigenvalue weighted by atomic mass is 16.5. The minimum atomic E-state index is -0.427. The summed E-state index contributed by atoms with van der Waals surface area (Å²) in [6, 6.07) is 0. The number of ether oxygens (including phenoxy) is 1. The van der Waals surface area contributed by atoms with Gasteiger partial charge in [0.2, 0.25) is 5.91 Å². The van der Waals surface area contributed by atoms with Crippen LogP contribution in [0.2, 0.25) is 0 Å². The number of esters is 1. The number of rotatable bonds is 4. The second-order valence-corrected chi connectivity index (χ2v) is 3.41. The van der Waals surface area contributed by atoms with E-state index in [9.17, 15) is 9.59 Å². The minimum Gasteiger partial charge on any atom is -0.463 e. The van der Waals surface area contributed by atoms with Crippen molar-refractivity contribution in [2.24, 2.45) is 5.92 Å². The molecule has 0 spiro atoms. The lowest BCUT2D eigenvalue weighted by Crippen LogP contribution is -2.23. The van der Waals surface area contributed by atoms with Gasteiger partial charge in [-0.15, -0.1) is 0 Å². The van der Waals surface area contributed by atoms with E-state index in [4.69, 9.17) is 4.74 Å². The van der Waals surface area contributed by atoms with E-state index in [1.54, 1.807) is 11.9 Å². The van der Waals surface area contributed by atoms with Crippen LogP contribution < -0.4 is 0 Å². The van der Waals surface area contributed by atoms with Crippen LogP contribution in [-0.2, 0) is 14.3 Å². The first-order valence-corrected chi connectivity index (χ1v) is 4.69. The quantitative estimate of drug-likeness (QED) is 0.489. The molecule has 0 aromatic carbocycles. The summed E-state index contributed by atoms with van der Waals surface area (Å²) >= 11 is 0. The standard InChI is InChI=1S/C10H15NO3/c1-3-9(12)14-7-5-8-4-6-11(2)10(8)13/h3,8H,1,4-7H2,2H3. The third-order valence-electron chi connectivity index (χ3n) is 2.42. The molecule has 0 aromatic rings. The molecular formula is C10H15NO3. The monoisotopic (exact) mass is 197 g/mol. The average molecular weight is 197 g/mol. The van der Waals surface area contributed by atoms with Crippen LogP contribution >= 0.6 is 0 Å². The van der Waals surface area contributed by atoms with Crippen LogP contribution in [0.4, 0.5) is 0 Å². The van der Waals surface area contributed by atoms with Gasteiger partial charge in [0.25, 0.3) is 0 Å². The smallest absolute Gasteiger partial charge is 0.330 e. The molecule has 0 aliphatic carbocycles. The van der Waals surface area contributed by atoms with Gasteiger partial charge >= 0.3 is 5.97 Å². The lowest BCUT2D eigenvalue weighted by Gasteiger charge is -2.09. The highest BCUT2D eigenvalue weighted by molar-refractivity contribution is 5.81. The van der Waals surface area contributed by atoms with Crippen molar-refractivity contribution < 1.29 is 14.3 Å². The Bertz CT molecular complexity index is 250. The molecule has 1 aliphatic rings. The van der Waals surface area contributed by atoms with E-state index in [1.165, 1.54) is 0 Å². The van der Waals surface area contributed by atoms with Crippen LogP contribution in [0.15, 0.2) is 12.7 Å². The van der Waals surface area contributed by atoms with Crippen LogP contribution in [0, 0.1) is 5.92 Å². The molecule has 0 aromatic heterocycles. The number of carbonyl (C=O) groups is 2. The maximum Gasteiger partial charge on any atom is 0.330 e. The molecule has 4 nitrogen and oxygen atoms in total. The van der Waals surface area contributed by atoms with Crippen molar-refractivity contribution in [3.05, 3.63) is 12.7 Å². The molecule has 1 atom stereocenters. The molecule has 1 saturated heterocycles. The molecule has 0 N–H and O–H groups in total. The molecule has 0 saturated carbocycles. The topological polar surface area (TPSA) is 46.6 Å². The molecule has 1 heterocycles. The molecule has 0 bridgehead atoms. The third kappa shape index (κ3) is 2.58. The zero-order valence-electron chi connectivity index (χ0n) is 8.36. The lowest BCUT2D eigenvalue weighted by atomic mass is 10.1. The van der Waals surface area contributed by atoms with E-state index >= 15 is 0 Å². The third-order valence-corrected chi connectivity index (χ3v) is 2.42. The Morgan fingerprint density at radius 3 is 3.00 bits per heavy atom. The van der Waals surface area contributed by atoms with Gasteiger partial charge < -0.3 is 9.64 Å². The van der Waals surface area contributed by atoms with E-state index in [1.807, 2.05) is 0 Å². The summed E-state index contributed by atoms with van der Waals surface area (Å²) < 4.78 is 4.81. The first-order valence-electron chi connectivity index (χ1n) is 4.69.